The molecule has 2 atom stereocenters. The number of hydrogen-bond donors (Lipinski definition) is 1. The molecule has 6 heteroatoms. The van der Waals surface area contributed by atoms with E-state index < -0.39 is 17.8 Å². The average Bonchev–Trinajstić information content (AvgIpc) is 2.72. The fraction of sp³-hybridized carbons (Fsp3) is 0.364. The standard InChI is InChI=1S/C22H25FN2O3/c1-28-14-13-25-20(26)12-11-18(21(25)17-9-5-6-10-19(17)23)22(27)24-15-16-7-3-2-4-8-16/h2-10,18,21H,11-15H2,1H3,(H,24,27)/t18-,21+/m1/s1. The fourth-order valence-corrected chi connectivity index (χ4v) is 3.70. The van der Waals surface area contributed by atoms with Crippen molar-refractivity contribution in [3.05, 3.63) is 71.5 Å². The Morgan fingerprint density at radius 1 is 1.18 bits per heavy atom. The lowest BCUT2D eigenvalue weighted by atomic mass is 9.83. The first-order valence-electron chi connectivity index (χ1n) is 9.46. The van der Waals surface area contributed by atoms with Crippen LogP contribution in [0.15, 0.2) is 54.6 Å². The van der Waals surface area contributed by atoms with Gasteiger partial charge in [-0.1, -0.05) is 48.5 Å². The van der Waals surface area contributed by atoms with E-state index in [0.717, 1.165) is 5.56 Å². The summed E-state index contributed by atoms with van der Waals surface area (Å²) in [5.74, 6) is -1.19. The molecule has 0 aliphatic carbocycles. The molecule has 0 radical (unpaired) electrons. The molecule has 3 rings (SSSR count). The Morgan fingerprint density at radius 3 is 2.61 bits per heavy atom. The van der Waals surface area contributed by atoms with Crippen LogP contribution in [0.3, 0.4) is 0 Å². The van der Waals surface area contributed by atoms with Crippen LogP contribution >= 0.6 is 0 Å². The zero-order chi connectivity index (χ0) is 19.9. The number of carbonyl (C=O) groups excluding carboxylic acids is 2. The van der Waals surface area contributed by atoms with Crippen LogP contribution in [0, 0.1) is 11.7 Å². The molecule has 0 aromatic heterocycles. The van der Waals surface area contributed by atoms with Crippen molar-refractivity contribution >= 4 is 11.8 Å². The van der Waals surface area contributed by atoms with Gasteiger partial charge in [0.15, 0.2) is 0 Å². The van der Waals surface area contributed by atoms with Crippen LogP contribution in [0.25, 0.3) is 0 Å². The molecule has 1 saturated heterocycles. The van der Waals surface area contributed by atoms with E-state index in [1.807, 2.05) is 30.3 Å². The van der Waals surface area contributed by atoms with Gasteiger partial charge in [-0.05, 0) is 18.1 Å². The van der Waals surface area contributed by atoms with Crippen molar-refractivity contribution in [2.75, 3.05) is 20.3 Å². The second-order valence-electron chi connectivity index (χ2n) is 6.89. The normalized spacial score (nSPS) is 19.5. The highest BCUT2D eigenvalue weighted by Gasteiger charge is 2.41. The summed E-state index contributed by atoms with van der Waals surface area (Å²) in [6, 6.07) is 15.3. The maximum atomic E-state index is 14.6. The molecule has 0 saturated carbocycles. The van der Waals surface area contributed by atoms with Crippen LogP contribution in [0.5, 0.6) is 0 Å². The van der Waals surface area contributed by atoms with E-state index in [1.54, 1.807) is 30.2 Å². The van der Waals surface area contributed by atoms with Crippen molar-refractivity contribution in [3.63, 3.8) is 0 Å². The van der Waals surface area contributed by atoms with Gasteiger partial charge in [-0.3, -0.25) is 9.59 Å². The first-order valence-corrected chi connectivity index (χ1v) is 9.46. The molecule has 1 N–H and O–H groups in total. The average molecular weight is 384 g/mol. The van der Waals surface area contributed by atoms with Crippen molar-refractivity contribution in [2.24, 2.45) is 5.92 Å². The second kappa shape index (κ2) is 9.46. The minimum atomic E-state index is -0.645. The zero-order valence-corrected chi connectivity index (χ0v) is 15.9. The Morgan fingerprint density at radius 2 is 1.89 bits per heavy atom. The van der Waals surface area contributed by atoms with Gasteiger partial charge in [0.25, 0.3) is 0 Å². The molecule has 0 unspecified atom stereocenters. The van der Waals surface area contributed by atoms with Gasteiger partial charge in [-0.2, -0.15) is 0 Å². The fourth-order valence-electron chi connectivity index (χ4n) is 3.70. The molecule has 2 aromatic carbocycles. The quantitative estimate of drug-likeness (QED) is 0.798. The summed E-state index contributed by atoms with van der Waals surface area (Å²) in [6.07, 6.45) is 0.653. The number of amides is 2. The Kier molecular flexibility index (Phi) is 6.76. The number of hydrogen-bond acceptors (Lipinski definition) is 3. The van der Waals surface area contributed by atoms with Crippen molar-refractivity contribution in [3.8, 4) is 0 Å². The van der Waals surface area contributed by atoms with E-state index in [9.17, 15) is 14.0 Å². The third kappa shape index (κ3) is 4.57. The molecule has 5 nitrogen and oxygen atoms in total. The van der Waals surface area contributed by atoms with Crippen molar-refractivity contribution < 1.29 is 18.7 Å². The van der Waals surface area contributed by atoms with E-state index in [2.05, 4.69) is 5.32 Å². The number of benzene rings is 2. The number of piperidine rings is 1. The topological polar surface area (TPSA) is 58.6 Å². The summed E-state index contributed by atoms with van der Waals surface area (Å²) >= 11 is 0. The van der Waals surface area contributed by atoms with Crippen LogP contribution in [0.1, 0.15) is 30.0 Å². The van der Waals surface area contributed by atoms with Crippen LogP contribution in [0.4, 0.5) is 4.39 Å². The maximum Gasteiger partial charge on any atom is 0.225 e. The summed E-state index contributed by atoms with van der Waals surface area (Å²) in [4.78, 5) is 27.1. The Bertz CT molecular complexity index is 812. The lowest BCUT2D eigenvalue weighted by Gasteiger charge is -2.40. The van der Waals surface area contributed by atoms with Crippen LogP contribution in [-0.2, 0) is 20.9 Å². The van der Waals surface area contributed by atoms with E-state index in [-0.39, 0.29) is 18.2 Å². The molecular weight excluding hydrogens is 359 g/mol. The molecule has 0 bridgehead atoms. The smallest absolute Gasteiger partial charge is 0.225 e. The molecule has 1 heterocycles. The molecule has 148 valence electrons. The predicted molar refractivity (Wildman–Crippen MR) is 104 cm³/mol. The summed E-state index contributed by atoms with van der Waals surface area (Å²) in [7, 11) is 1.55. The Labute approximate surface area is 164 Å². The van der Waals surface area contributed by atoms with Gasteiger partial charge >= 0.3 is 0 Å². The minimum Gasteiger partial charge on any atom is -0.383 e. The highest BCUT2D eigenvalue weighted by atomic mass is 19.1. The van der Waals surface area contributed by atoms with Crippen LogP contribution in [0.2, 0.25) is 0 Å². The third-order valence-electron chi connectivity index (χ3n) is 5.11. The minimum absolute atomic E-state index is 0.0857. The number of carbonyl (C=O) groups is 2. The number of nitrogens with zero attached hydrogens (tertiary/aromatic N) is 1. The Balaban J connectivity index is 1.85. The first-order chi connectivity index (χ1) is 13.6. The van der Waals surface area contributed by atoms with Crippen molar-refractivity contribution in [1.82, 2.24) is 10.2 Å². The number of methoxy groups -OCH3 is 1. The van der Waals surface area contributed by atoms with E-state index in [0.29, 0.717) is 31.7 Å². The van der Waals surface area contributed by atoms with E-state index in [1.165, 1.54) is 6.07 Å². The van der Waals surface area contributed by atoms with Gasteiger partial charge in [0.2, 0.25) is 11.8 Å². The zero-order valence-electron chi connectivity index (χ0n) is 15.9. The van der Waals surface area contributed by atoms with Crippen molar-refractivity contribution in [1.29, 1.82) is 0 Å². The SMILES string of the molecule is COCCN1C(=O)CC[C@@H](C(=O)NCc2ccccc2)[C@@H]1c1ccccc1F. The summed E-state index contributed by atoms with van der Waals surface area (Å²) in [5.41, 5.74) is 1.35. The molecule has 1 fully saturated rings. The van der Waals surface area contributed by atoms with E-state index in [4.69, 9.17) is 4.74 Å². The van der Waals surface area contributed by atoms with Gasteiger partial charge in [0.05, 0.1) is 18.6 Å². The molecule has 0 spiro atoms. The Hall–Kier alpha value is -2.73. The lowest BCUT2D eigenvalue weighted by molar-refractivity contribution is -0.144. The highest BCUT2D eigenvalue weighted by Crippen LogP contribution is 2.37. The third-order valence-corrected chi connectivity index (χ3v) is 5.11. The lowest BCUT2D eigenvalue weighted by Crippen LogP contribution is -2.49. The molecule has 1 aliphatic rings. The van der Waals surface area contributed by atoms with Gasteiger partial charge in [0.1, 0.15) is 5.82 Å². The van der Waals surface area contributed by atoms with Crippen molar-refractivity contribution in [2.45, 2.75) is 25.4 Å². The maximum absolute atomic E-state index is 14.6. The number of ether oxygens (including phenoxy) is 1. The van der Waals surface area contributed by atoms with Gasteiger partial charge < -0.3 is 15.0 Å². The monoisotopic (exact) mass is 384 g/mol. The largest absolute Gasteiger partial charge is 0.383 e. The number of nitrogens with one attached hydrogen (secondary N) is 1. The number of rotatable bonds is 7. The van der Waals surface area contributed by atoms with Gasteiger partial charge in [0, 0.05) is 32.2 Å². The second-order valence-corrected chi connectivity index (χ2v) is 6.89. The molecule has 2 amide bonds. The van der Waals surface area contributed by atoms with Crippen LogP contribution < -0.4 is 5.32 Å². The van der Waals surface area contributed by atoms with Gasteiger partial charge in [-0.25, -0.2) is 4.39 Å². The van der Waals surface area contributed by atoms with Gasteiger partial charge in [-0.15, -0.1) is 0 Å². The molecule has 2 aromatic rings. The summed E-state index contributed by atoms with van der Waals surface area (Å²) in [6.45, 7) is 1.04. The number of likely N-dealkylation sites (tertiary alicyclic amines) is 1. The molecule has 1 aliphatic heterocycles. The predicted octanol–water partition coefficient (Wildman–Crippen LogP) is 3.07. The molecule has 28 heavy (non-hydrogen) atoms. The summed E-state index contributed by atoms with van der Waals surface area (Å²) < 4.78 is 19.7. The highest BCUT2D eigenvalue weighted by molar-refractivity contribution is 5.85. The van der Waals surface area contributed by atoms with Crippen LogP contribution in [-0.4, -0.2) is 37.0 Å². The van der Waals surface area contributed by atoms with E-state index >= 15 is 0 Å². The summed E-state index contributed by atoms with van der Waals surface area (Å²) in [5, 5.41) is 2.95. The first kappa shape index (κ1) is 20.0. The molecular formula is C22H25FN2O3. The number of halogens is 1.